The number of rotatable bonds is 3. The smallest absolute Gasteiger partial charge is 0.407 e. The molecule has 23 heavy (non-hydrogen) atoms. The van der Waals surface area contributed by atoms with Gasteiger partial charge in [-0.1, -0.05) is 12.1 Å². The maximum atomic E-state index is 11.9. The number of hydrogen-bond acceptors (Lipinski definition) is 3. The highest BCUT2D eigenvalue weighted by Gasteiger charge is 2.31. The third-order valence-electron chi connectivity index (χ3n) is 4.68. The van der Waals surface area contributed by atoms with Crippen LogP contribution in [0.2, 0.25) is 0 Å². The predicted octanol–water partition coefficient (Wildman–Crippen LogP) is 3.08. The van der Waals surface area contributed by atoms with Gasteiger partial charge in [0.1, 0.15) is 0 Å². The number of carboxylic acid groups (broad SMARTS) is 1. The molecule has 2 aliphatic rings. The van der Waals surface area contributed by atoms with Crippen LogP contribution in [0.3, 0.4) is 0 Å². The Bertz CT molecular complexity index is 688. The van der Waals surface area contributed by atoms with Gasteiger partial charge in [-0.15, -0.1) is 0 Å². The molecule has 1 heterocycles. The minimum atomic E-state index is -0.884. The largest absolute Gasteiger partial charge is 0.466 e. The highest BCUT2D eigenvalue weighted by Crippen LogP contribution is 2.44. The maximum Gasteiger partial charge on any atom is 0.407 e. The number of amides is 1. The Morgan fingerprint density at radius 3 is 2.61 bits per heavy atom. The average Bonchev–Trinajstić information content (AvgIpc) is 3.38. The highest BCUT2D eigenvalue weighted by atomic mass is 16.5. The van der Waals surface area contributed by atoms with Crippen LogP contribution in [0.4, 0.5) is 4.79 Å². The number of fused-ring (bicyclic) bond motifs is 1. The molecule has 0 radical (unpaired) electrons. The van der Waals surface area contributed by atoms with Gasteiger partial charge < -0.3 is 14.7 Å². The van der Waals surface area contributed by atoms with Gasteiger partial charge in [0.25, 0.3) is 0 Å². The van der Waals surface area contributed by atoms with Crippen LogP contribution in [0.5, 0.6) is 0 Å². The van der Waals surface area contributed by atoms with E-state index in [0.29, 0.717) is 24.6 Å². The highest BCUT2D eigenvalue weighted by molar-refractivity contribution is 5.98. The van der Waals surface area contributed by atoms with Gasteiger partial charge in [0.2, 0.25) is 0 Å². The van der Waals surface area contributed by atoms with E-state index < -0.39 is 6.09 Å². The lowest BCUT2D eigenvalue weighted by atomic mass is 9.91. The summed E-state index contributed by atoms with van der Waals surface area (Å²) < 4.78 is 4.87. The average molecular weight is 315 g/mol. The molecule has 1 aromatic carbocycles. The van der Waals surface area contributed by atoms with E-state index in [1.165, 1.54) is 17.6 Å². The molecule has 5 nitrogen and oxygen atoms in total. The molecule has 1 aromatic rings. The number of benzene rings is 1. The van der Waals surface area contributed by atoms with Gasteiger partial charge in [0.05, 0.1) is 7.11 Å². The lowest BCUT2D eigenvalue weighted by Crippen LogP contribution is -2.34. The van der Waals surface area contributed by atoms with E-state index in [0.717, 1.165) is 36.0 Å². The van der Waals surface area contributed by atoms with E-state index in [4.69, 9.17) is 4.74 Å². The summed E-state index contributed by atoms with van der Waals surface area (Å²) in [5.74, 6) is 0.114. The van der Waals surface area contributed by atoms with E-state index in [-0.39, 0.29) is 5.97 Å². The van der Waals surface area contributed by atoms with Gasteiger partial charge >= 0.3 is 12.1 Å². The molecule has 1 fully saturated rings. The summed E-state index contributed by atoms with van der Waals surface area (Å²) in [5.41, 5.74) is 4.94. The standard InChI is InChI=1S/C18H21NO4/c1-11(17(20)23-2)16(13-4-5-13)14-6-3-12-7-8-19(18(21)22)10-15(12)9-14/h3,6,9,13H,4-5,7-8,10H2,1-2H3,(H,21,22). The van der Waals surface area contributed by atoms with Crippen molar-refractivity contribution in [3.63, 3.8) is 0 Å². The van der Waals surface area contributed by atoms with Gasteiger partial charge in [-0.2, -0.15) is 0 Å². The molecular weight excluding hydrogens is 294 g/mol. The molecule has 122 valence electrons. The van der Waals surface area contributed by atoms with Gasteiger partial charge in [-0.25, -0.2) is 9.59 Å². The second-order valence-electron chi connectivity index (χ2n) is 6.24. The van der Waals surface area contributed by atoms with Crippen molar-refractivity contribution in [1.82, 2.24) is 4.90 Å². The number of allylic oxidation sites excluding steroid dienone is 1. The van der Waals surface area contributed by atoms with Crippen LogP contribution in [0.1, 0.15) is 36.5 Å². The summed E-state index contributed by atoms with van der Waals surface area (Å²) in [6, 6.07) is 6.16. The van der Waals surface area contributed by atoms with Crippen molar-refractivity contribution in [1.29, 1.82) is 0 Å². The molecule has 0 saturated heterocycles. The van der Waals surface area contributed by atoms with Gasteiger partial charge in [-0.05, 0) is 60.4 Å². The maximum absolute atomic E-state index is 11.9. The zero-order valence-electron chi connectivity index (χ0n) is 13.5. The topological polar surface area (TPSA) is 66.8 Å². The fraction of sp³-hybridized carbons (Fsp3) is 0.444. The first-order valence-corrected chi connectivity index (χ1v) is 7.90. The molecule has 3 rings (SSSR count). The van der Waals surface area contributed by atoms with Crippen molar-refractivity contribution in [2.45, 2.75) is 32.7 Å². The zero-order chi connectivity index (χ0) is 16.6. The molecule has 5 heteroatoms. The first-order valence-electron chi connectivity index (χ1n) is 7.90. The Labute approximate surface area is 135 Å². The molecule has 0 spiro atoms. The third kappa shape index (κ3) is 3.09. The Balaban J connectivity index is 1.98. The number of hydrogen-bond donors (Lipinski definition) is 1. The van der Waals surface area contributed by atoms with Crippen LogP contribution < -0.4 is 0 Å². The van der Waals surface area contributed by atoms with Crippen LogP contribution in [0.25, 0.3) is 5.57 Å². The normalized spacial score (nSPS) is 18.1. The number of ether oxygens (including phenoxy) is 1. The predicted molar refractivity (Wildman–Crippen MR) is 85.9 cm³/mol. The minimum Gasteiger partial charge on any atom is -0.466 e. The summed E-state index contributed by atoms with van der Waals surface area (Å²) in [6.07, 6.45) is 2.02. The number of nitrogens with zero attached hydrogens (tertiary/aromatic N) is 1. The fourth-order valence-corrected chi connectivity index (χ4v) is 3.28. The van der Waals surface area contributed by atoms with Crippen molar-refractivity contribution in [3.05, 3.63) is 40.5 Å². The Hall–Kier alpha value is -2.30. The van der Waals surface area contributed by atoms with Gasteiger partial charge in [0, 0.05) is 18.7 Å². The van der Waals surface area contributed by atoms with Crippen LogP contribution in [-0.2, 0) is 22.5 Å². The quantitative estimate of drug-likeness (QED) is 0.687. The van der Waals surface area contributed by atoms with Gasteiger partial charge in [0.15, 0.2) is 0 Å². The van der Waals surface area contributed by atoms with Crippen molar-refractivity contribution >= 4 is 17.6 Å². The minimum absolute atomic E-state index is 0.295. The zero-order valence-corrected chi connectivity index (χ0v) is 13.5. The Kier molecular flexibility index (Phi) is 4.11. The third-order valence-corrected chi connectivity index (χ3v) is 4.68. The summed E-state index contributed by atoms with van der Waals surface area (Å²) in [5, 5.41) is 9.19. The van der Waals surface area contributed by atoms with Crippen LogP contribution >= 0.6 is 0 Å². The molecule has 0 aromatic heterocycles. The number of methoxy groups -OCH3 is 1. The van der Waals surface area contributed by atoms with E-state index in [1.807, 2.05) is 13.0 Å². The fourth-order valence-electron chi connectivity index (χ4n) is 3.28. The molecule has 0 atom stereocenters. The molecule has 1 aliphatic heterocycles. The summed E-state index contributed by atoms with van der Waals surface area (Å²) in [6.45, 7) is 2.75. The van der Waals surface area contributed by atoms with Crippen molar-refractivity contribution in [2.75, 3.05) is 13.7 Å². The van der Waals surface area contributed by atoms with Crippen molar-refractivity contribution in [3.8, 4) is 0 Å². The first-order chi connectivity index (χ1) is 11.0. The summed E-state index contributed by atoms with van der Waals surface area (Å²) in [7, 11) is 1.40. The van der Waals surface area contributed by atoms with Crippen LogP contribution in [0, 0.1) is 5.92 Å². The van der Waals surface area contributed by atoms with E-state index >= 15 is 0 Å². The molecule has 0 unspecified atom stereocenters. The van der Waals surface area contributed by atoms with Gasteiger partial charge in [-0.3, -0.25) is 0 Å². The molecule has 1 saturated carbocycles. The van der Waals surface area contributed by atoms with Crippen LogP contribution in [0.15, 0.2) is 23.8 Å². The summed E-state index contributed by atoms with van der Waals surface area (Å²) in [4.78, 5) is 24.5. The molecule has 0 bridgehead atoms. The number of carbonyl (C=O) groups is 2. The van der Waals surface area contributed by atoms with Crippen molar-refractivity contribution in [2.24, 2.45) is 5.92 Å². The Morgan fingerprint density at radius 1 is 1.26 bits per heavy atom. The van der Waals surface area contributed by atoms with E-state index in [9.17, 15) is 14.7 Å². The monoisotopic (exact) mass is 315 g/mol. The summed E-state index contributed by atoms with van der Waals surface area (Å²) >= 11 is 0. The molecule has 1 N–H and O–H groups in total. The lowest BCUT2D eigenvalue weighted by Gasteiger charge is -2.27. The Morgan fingerprint density at radius 2 is 2.00 bits per heavy atom. The molecule has 1 aliphatic carbocycles. The number of carbonyl (C=O) groups excluding carboxylic acids is 1. The number of esters is 1. The van der Waals surface area contributed by atoms with E-state index in [2.05, 4.69) is 12.1 Å². The second kappa shape index (κ2) is 6.07. The molecule has 1 amide bonds. The molecular formula is C18H21NO4. The SMILES string of the molecule is COC(=O)C(C)=C(c1ccc2c(c1)CN(C(=O)O)CC2)C1CC1. The second-order valence-corrected chi connectivity index (χ2v) is 6.24. The lowest BCUT2D eigenvalue weighted by molar-refractivity contribution is -0.135. The van der Waals surface area contributed by atoms with Crippen molar-refractivity contribution < 1.29 is 19.4 Å². The van der Waals surface area contributed by atoms with Crippen LogP contribution in [-0.4, -0.2) is 35.7 Å². The first kappa shape index (κ1) is 15.6. The van der Waals surface area contributed by atoms with E-state index in [1.54, 1.807) is 0 Å².